The molecule has 5 nitrogen and oxygen atoms in total. The largest absolute Gasteiger partial charge is 0.398 e. The van der Waals surface area contributed by atoms with Crippen LogP contribution in [-0.2, 0) is 4.74 Å². The second-order valence-electron chi connectivity index (χ2n) is 4.22. The lowest BCUT2D eigenvalue weighted by molar-refractivity contribution is 0.0564. The van der Waals surface area contributed by atoms with E-state index in [4.69, 9.17) is 22.1 Å². The fraction of sp³-hybridized carbons (Fsp3) is 0.417. The number of nitrogens with zero attached hydrogens (tertiary/aromatic N) is 1. The molecule has 0 radical (unpaired) electrons. The molecule has 0 saturated carbocycles. The maximum atomic E-state index is 12.0. The summed E-state index contributed by atoms with van der Waals surface area (Å²) in [4.78, 5) is 13.7. The van der Waals surface area contributed by atoms with E-state index in [-0.39, 0.29) is 6.03 Å². The molecule has 18 heavy (non-hydrogen) atoms. The molecule has 2 amide bonds. The Kier molecular flexibility index (Phi) is 3.93. The number of halogens is 1. The highest BCUT2D eigenvalue weighted by Crippen LogP contribution is 2.26. The number of hydrogen-bond acceptors (Lipinski definition) is 3. The van der Waals surface area contributed by atoms with Crippen molar-refractivity contribution >= 4 is 29.0 Å². The van der Waals surface area contributed by atoms with Gasteiger partial charge in [0, 0.05) is 18.8 Å². The van der Waals surface area contributed by atoms with Gasteiger partial charge in [-0.1, -0.05) is 11.6 Å². The molecule has 2 rings (SSSR count). The SMILES string of the molecule is Cc1cc(N)c(Cl)cc1NC(=O)N1CCOCC1. The lowest BCUT2D eigenvalue weighted by Crippen LogP contribution is -2.43. The van der Waals surface area contributed by atoms with E-state index in [9.17, 15) is 4.79 Å². The predicted molar refractivity (Wildman–Crippen MR) is 72.0 cm³/mol. The van der Waals surface area contributed by atoms with Gasteiger partial charge in [0.25, 0.3) is 0 Å². The van der Waals surface area contributed by atoms with Gasteiger partial charge < -0.3 is 20.7 Å². The number of nitrogens with one attached hydrogen (secondary N) is 1. The number of nitrogens with two attached hydrogens (primary N) is 1. The molecule has 3 N–H and O–H groups in total. The fourth-order valence-corrected chi connectivity index (χ4v) is 1.96. The minimum absolute atomic E-state index is 0.137. The third kappa shape index (κ3) is 2.86. The van der Waals surface area contributed by atoms with Crippen LogP contribution in [0, 0.1) is 6.92 Å². The molecule has 0 atom stereocenters. The second-order valence-corrected chi connectivity index (χ2v) is 4.63. The van der Waals surface area contributed by atoms with E-state index in [1.807, 2.05) is 6.92 Å². The van der Waals surface area contributed by atoms with Crippen molar-refractivity contribution in [2.24, 2.45) is 0 Å². The number of aryl methyl sites for hydroxylation is 1. The Morgan fingerprint density at radius 3 is 2.78 bits per heavy atom. The van der Waals surface area contributed by atoms with Crippen LogP contribution in [0.2, 0.25) is 5.02 Å². The van der Waals surface area contributed by atoms with Crippen molar-refractivity contribution < 1.29 is 9.53 Å². The number of carbonyl (C=O) groups is 1. The van der Waals surface area contributed by atoms with Gasteiger partial charge in [0.05, 0.1) is 23.9 Å². The van der Waals surface area contributed by atoms with E-state index in [0.717, 1.165) is 5.56 Å². The highest BCUT2D eigenvalue weighted by molar-refractivity contribution is 6.33. The molecule has 0 aromatic heterocycles. The van der Waals surface area contributed by atoms with Gasteiger partial charge in [-0.3, -0.25) is 0 Å². The van der Waals surface area contributed by atoms with E-state index in [1.165, 1.54) is 0 Å². The van der Waals surface area contributed by atoms with E-state index < -0.39 is 0 Å². The topological polar surface area (TPSA) is 67.6 Å². The minimum atomic E-state index is -0.137. The first-order chi connectivity index (χ1) is 8.58. The van der Waals surface area contributed by atoms with Crippen LogP contribution in [0.25, 0.3) is 0 Å². The maximum Gasteiger partial charge on any atom is 0.322 e. The summed E-state index contributed by atoms with van der Waals surface area (Å²) in [6.45, 7) is 4.24. The summed E-state index contributed by atoms with van der Waals surface area (Å²) in [5.74, 6) is 0. The molecule has 1 heterocycles. The lowest BCUT2D eigenvalue weighted by Gasteiger charge is -2.27. The summed E-state index contributed by atoms with van der Waals surface area (Å²) in [6.07, 6.45) is 0. The Morgan fingerprint density at radius 2 is 2.11 bits per heavy atom. The van der Waals surface area contributed by atoms with Crippen molar-refractivity contribution in [2.45, 2.75) is 6.92 Å². The van der Waals surface area contributed by atoms with Crippen molar-refractivity contribution in [1.29, 1.82) is 0 Å². The summed E-state index contributed by atoms with van der Waals surface area (Å²) < 4.78 is 5.20. The van der Waals surface area contributed by atoms with Gasteiger partial charge in [-0.05, 0) is 24.6 Å². The molecule has 1 saturated heterocycles. The van der Waals surface area contributed by atoms with Crippen molar-refractivity contribution in [2.75, 3.05) is 37.4 Å². The van der Waals surface area contributed by atoms with E-state index in [1.54, 1.807) is 17.0 Å². The van der Waals surface area contributed by atoms with Crippen LogP contribution in [0.1, 0.15) is 5.56 Å². The number of nitrogen functional groups attached to an aromatic ring is 1. The van der Waals surface area contributed by atoms with Crippen molar-refractivity contribution in [1.82, 2.24) is 4.90 Å². The summed E-state index contributed by atoms with van der Waals surface area (Å²) in [5.41, 5.74) is 7.78. The number of urea groups is 1. The first-order valence-corrected chi connectivity index (χ1v) is 6.15. The maximum absolute atomic E-state index is 12.0. The van der Waals surface area contributed by atoms with Gasteiger partial charge in [-0.25, -0.2) is 4.79 Å². The van der Waals surface area contributed by atoms with E-state index >= 15 is 0 Å². The Balaban J connectivity index is 2.08. The molecule has 1 aliphatic heterocycles. The Morgan fingerprint density at radius 1 is 1.44 bits per heavy atom. The summed E-state index contributed by atoms with van der Waals surface area (Å²) >= 11 is 5.95. The molecule has 1 aromatic rings. The Bertz CT molecular complexity index is 459. The molecule has 1 aliphatic rings. The zero-order valence-corrected chi connectivity index (χ0v) is 11.0. The molecule has 1 aromatic carbocycles. The standard InChI is InChI=1S/C12H16ClN3O2/c1-8-6-10(14)9(13)7-11(8)15-12(17)16-2-4-18-5-3-16/h6-7H,2-5,14H2,1H3,(H,15,17). The molecule has 0 spiro atoms. The van der Waals surface area contributed by atoms with Crippen molar-refractivity contribution in [3.05, 3.63) is 22.7 Å². The summed E-state index contributed by atoms with van der Waals surface area (Å²) in [5, 5.41) is 3.28. The Hall–Kier alpha value is -1.46. The van der Waals surface area contributed by atoms with E-state index in [2.05, 4.69) is 5.32 Å². The van der Waals surface area contributed by atoms with Gasteiger partial charge in [0.1, 0.15) is 0 Å². The number of carbonyl (C=O) groups excluding carboxylic acids is 1. The highest BCUT2D eigenvalue weighted by atomic mass is 35.5. The van der Waals surface area contributed by atoms with Crippen LogP contribution < -0.4 is 11.1 Å². The average Bonchev–Trinajstić information content (AvgIpc) is 2.37. The zero-order valence-electron chi connectivity index (χ0n) is 10.2. The fourth-order valence-electron chi connectivity index (χ4n) is 1.80. The lowest BCUT2D eigenvalue weighted by atomic mass is 10.2. The van der Waals surface area contributed by atoms with E-state index in [0.29, 0.717) is 42.7 Å². The van der Waals surface area contributed by atoms with Crippen LogP contribution in [-0.4, -0.2) is 37.2 Å². The number of rotatable bonds is 1. The second kappa shape index (κ2) is 5.46. The number of ether oxygens (including phenoxy) is 1. The molecule has 1 fully saturated rings. The van der Waals surface area contributed by atoms with Crippen LogP contribution in [0.15, 0.2) is 12.1 Å². The molecule has 98 valence electrons. The third-order valence-corrected chi connectivity index (χ3v) is 3.21. The summed E-state index contributed by atoms with van der Waals surface area (Å²) in [7, 11) is 0. The zero-order chi connectivity index (χ0) is 13.1. The van der Waals surface area contributed by atoms with Crippen LogP contribution >= 0.6 is 11.6 Å². The first-order valence-electron chi connectivity index (χ1n) is 5.77. The number of morpholine rings is 1. The normalized spacial score (nSPS) is 15.6. The molecular formula is C12H16ClN3O2. The number of anilines is 2. The molecule has 6 heteroatoms. The monoisotopic (exact) mass is 269 g/mol. The number of amides is 2. The van der Waals surface area contributed by atoms with Gasteiger partial charge in [-0.15, -0.1) is 0 Å². The number of benzene rings is 1. The molecular weight excluding hydrogens is 254 g/mol. The summed E-state index contributed by atoms with van der Waals surface area (Å²) in [6, 6.07) is 3.28. The number of hydrogen-bond donors (Lipinski definition) is 2. The van der Waals surface area contributed by atoms with Crippen molar-refractivity contribution in [3.8, 4) is 0 Å². The van der Waals surface area contributed by atoms with Gasteiger partial charge >= 0.3 is 6.03 Å². The van der Waals surface area contributed by atoms with Gasteiger partial charge in [0.2, 0.25) is 0 Å². The minimum Gasteiger partial charge on any atom is -0.398 e. The van der Waals surface area contributed by atoms with Crippen molar-refractivity contribution in [3.63, 3.8) is 0 Å². The highest BCUT2D eigenvalue weighted by Gasteiger charge is 2.17. The quantitative estimate of drug-likeness (QED) is 0.767. The molecule has 0 unspecified atom stereocenters. The smallest absolute Gasteiger partial charge is 0.322 e. The third-order valence-electron chi connectivity index (χ3n) is 2.88. The van der Waals surface area contributed by atoms with Crippen LogP contribution in [0.3, 0.4) is 0 Å². The predicted octanol–water partition coefficient (Wildman–Crippen LogP) is 2.09. The van der Waals surface area contributed by atoms with Gasteiger partial charge in [-0.2, -0.15) is 0 Å². The molecule has 0 bridgehead atoms. The Labute approximate surface area is 111 Å². The van der Waals surface area contributed by atoms with Gasteiger partial charge in [0.15, 0.2) is 0 Å². The molecule has 0 aliphatic carbocycles. The first kappa shape index (κ1) is 13.0. The van der Waals surface area contributed by atoms with Crippen LogP contribution in [0.4, 0.5) is 16.2 Å². The van der Waals surface area contributed by atoms with Crippen LogP contribution in [0.5, 0.6) is 0 Å². The average molecular weight is 270 g/mol.